The summed E-state index contributed by atoms with van der Waals surface area (Å²) < 4.78 is 5.81. The van der Waals surface area contributed by atoms with Crippen LogP contribution in [0.2, 0.25) is 5.02 Å². The van der Waals surface area contributed by atoms with Crippen molar-refractivity contribution in [1.82, 2.24) is 10.2 Å². The molecule has 6 heteroatoms. The normalized spacial score (nSPS) is 14.8. The van der Waals surface area contributed by atoms with E-state index >= 15 is 0 Å². The average Bonchev–Trinajstić information content (AvgIpc) is 3.25. The van der Waals surface area contributed by atoms with Crippen LogP contribution in [0.1, 0.15) is 49.3 Å². The number of hydrogen-bond acceptors (Lipinski definition) is 3. The largest absolute Gasteiger partial charge is 0.483 e. The smallest absolute Gasteiger partial charge is 0.261 e. The number of nitrogens with zero attached hydrogens (tertiary/aromatic N) is 1. The molecule has 166 valence electrons. The topological polar surface area (TPSA) is 58.6 Å². The third-order valence-electron chi connectivity index (χ3n) is 5.85. The zero-order chi connectivity index (χ0) is 22.4. The average molecular weight is 443 g/mol. The Morgan fingerprint density at radius 3 is 2.55 bits per heavy atom. The highest BCUT2D eigenvalue weighted by Gasteiger charge is 2.29. The van der Waals surface area contributed by atoms with E-state index in [1.54, 1.807) is 17.9 Å². The maximum Gasteiger partial charge on any atom is 0.261 e. The summed E-state index contributed by atoms with van der Waals surface area (Å²) in [5.74, 6) is 0.271. The molecule has 1 aliphatic rings. The molecule has 2 amide bonds. The van der Waals surface area contributed by atoms with Crippen molar-refractivity contribution in [3.05, 3.63) is 64.2 Å². The van der Waals surface area contributed by atoms with Crippen molar-refractivity contribution in [2.75, 3.05) is 6.61 Å². The molecule has 0 spiro atoms. The predicted molar refractivity (Wildman–Crippen MR) is 123 cm³/mol. The molecule has 0 aliphatic heterocycles. The van der Waals surface area contributed by atoms with Crippen LogP contribution in [0, 0.1) is 13.8 Å². The summed E-state index contributed by atoms with van der Waals surface area (Å²) in [5.41, 5.74) is 2.90. The number of nitrogens with one attached hydrogen (secondary N) is 1. The molecule has 31 heavy (non-hydrogen) atoms. The Bertz CT molecular complexity index is 925. The number of ether oxygens (including phenoxy) is 1. The van der Waals surface area contributed by atoms with E-state index < -0.39 is 6.04 Å². The van der Waals surface area contributed by atoms with Gasteiger partial charge in [-0.15, -0.1) is 0 Å². The highest BCUT2D eigenvalue weighted by Crippen LogP contribution is 2.22. The van der Waals surface area contributed by atoms with E-state index in [2.05, 4.69) is 5.32 Å². The summed E-state index contributed by atoms with van der Waals surface area (Å²) in [5, 5.41) is 3.67. The Hall–Kier alpha value is -2.53. The lowest BCUT2D eigenvalue weighted by Gasteiger charge is -2.30. The molecule has 0 radical (unpaired) electrons. The maximum absolute atomic E-state index is 13.2. The van der Waals surface area contributed by atoms with E-state index in [1.807, 2.05) is 50.2 Å². The Kier molecular flexibility index (Phi) is 7.97. The molecule has 2 aromatic rings. The molecule has 1 atom stereocenters. The van der Waals surface area contributed by atoms with Gasteiger partial charge >= 0.3 is 0 Å². The third-order valence-corrected chi connectivity index (χ3v) is 6.22. The van der Waals surface area contributed by atoms with Crippen LogP contribution in [0.5, 0.6) is 5.75 Å². The molecule has 5 nitrogen and oxygen atoms in total. The number of benzene rings is 2. The van der Waals surface area contributed by atoms with Crippen LogP contribution >= 0.6 is 11.6 Å². The Balaban J connectivity index is 1.74. The SMILES string of the molecule is Cc1ccc(OCC(=O)N(Cc2ccccc2Cl)[C@@H](C)C(=O)NC2CCCC2)c(C)c1. The standard InChI is InChI=1S/C25H31ClN2O3/c1-17-12-13-23(18(2)14-17)31-16-24(29)28(15-20-8-4-7-11-22(20)26)19(3)25(30)27-21-9-5-6-10-21/h4,7-8,11-14,19,21H,5-6,9-10,15-16H2,1-3H3,(H,27,30)/t19-/m0/s1. The van der Waals surface area contributed by atoms with Gasteiger partial charge in [-0.2, -0.15) is 0 Å². The van der Waals surface area contributed by atoms with Gasteiger partial charge in [0.05, 0.1) is 0 Å². The first kappa shape index (κ1) is 23.1. The van der Waals surface area contributed by atoms with Crippen molar-refractivity contribution in [2.24, 2.45) is 0 Å². The molecule has 1 N–H and O–H groups in total. The molecule has 3 rings (SSSR count). The number of carbonyl (C=O) groups excluding carboxylic acids is 2. The van der Waals surface area contributed by atoms with Gasteiger partial charge < -0.3 is 15.0 Å². The highest BCUT2D eigenvalue weighted by atomic mass is 35.5. The van der Waals surface area contributed by atoms with Crippen molar-refractivity contribution in [3.63, 3.8) is 0 Å². The zero-order valence-electron chi connectivity index (χ0n) is 18.5. The van der Waals surface area contributed by atoms with Gasteiger partial charge in [0, 0.05) is 17.6 Å². The lowest BCUT2D eigenvalue weighted by molar-refractivity contribution is -0.142. The Morgan fingerprint density at radius 1 is 1.16 bits per heavy atom. The molecule has 0 heterocycles. The van der Waals surface area contributed by atoms with Gasteiger partial charge in [0.1, 0.15) is 11.8 Å². The molecular formula is C25H31ClN2O3. The van der Waals surface area contributed by atoms with Crippen molar-refractivity contribution in [3.8, 4) is 5.75 Å². The quantitative estimate of drug-likeness (QED) is 0.638. The fraction of sp³-hybridized carbons (Fsp3) is 0.440. The van der Waals surface area contributed by atoms with Crippen molar-refractivity contribution < 1.29 is 14.3 Å². The number of rotatable bonds is 8. The first-order chi connectivity index (χ1) is 14.8. The van der Waals surface area contributed by atoms with Gasteiger partial charge in [0.2, 0.25) is 5.91 Å². The molecule has 1 saturated carbocycles. The van der Waals surface area contributed by atoms with E-state index in [-0.39, 0.29) is 31.0 Å². The number of halogens is 1. The summed E-state index contributed by atoms with van der Waals surface area (Å²) in [4.78, 5) is 27.6. The molecular weight excluding hydrogens is 412 g/mol. The third kappa shape index (κ3) is 6.23. The van der Waals surface area contributed by atoms with Gasteiger partial charge in [-0.1, -0.05) is 60.3 Å². The maximum atomic E-state index is 13.2. The van der Waals surface area contributed by atoms with E-state index in [9.17, 15) is 9.59 Å². The van der Waals surface area contributed by atoms with Crippen LogP contribution in [-0.2, 0) is 16.1 Å². The molecule has 1 fully saturated rings. The van der Waals surface area contributed by atoms with E-state index in [1.165, 1.54) is 0 Å². The highest BCUT2D eigenvalue weighted by molar-refractivity contribution is 6.31. The molecule has 0 aromatic heterocycles. The van der Waals surface area contributed by atoms with Crippen molar-refractivity contribution in [1.29, 1.82) is 0 Å². The summed E-state index contributed by atoms with van der Waals surface area (Å²) in [6.07, 6.45) is 4.25. The minimum absolute atomic E-state index is 0.140. The van der Waals surface area contributed by atoms with Crippen LogP contribution < -0.4 is 10.1 Å². The minimum atomic E-state index is -0.632. The van der Waals surface area contributed by atoms with E-state index in [4.69, 9.17) is 16.3 Å². The second kappa shape index (κ2) is 10.7. The van der Waals surface area contributed by atoms with Crippen molar-refractivity contribution >= 4 is 23.4 Å². The van der Waals surface area contributed by atoms with Gasteiger partial charge in [0.15, 0.2) is 6.61 Å². The molecule has 0 bridgehead atoms. The first-order valence-electron chi connectivity index (χ1n) is 10.9. The molecule has 1 aliphatic carbocycles. The van der Waals surface area contributed by atoms with Gasteiger partial charge in [-0.3, -0.25) is 9.59 Å². The van der Waals surface area contributed by atoms with Gasteiger partial charge in [0.25, 0.3) is 5.91 Å². The Labute approximate surface area is 189 Å². The lowest BCUT2D eigenvalue weighted by Crippen LogP contribution is -2.50. The molecule has 0 saturated heterocycles. The fourth-order valence-electron chi connectivity index (χ4n) is 3.97. The summed E-state index contributed by atoms with van der Waals surface area (Å²) in [6, 6.07) is 12.8. The lowest BCUT2D eigenvalue weighted by atomic mass is 10.1. The predicted octanol–water partition coefficient (Wildman–Crippen LogP) is 4.81. The number of amides is 2. The fourth-order valence-corrected chi connectivity index (χ4v) is 4.16. The number of aryl methyl sites for hydroxylation is 2. The van der Waals surface area contributed by atoms with Crippen LogP contribution in [-0.4, -0.2) is 35.4 Å². The second-order valence-corrected chi connectivity index (χ2v) is 8.74. The molecule has 2 aromatic carbocycles. The molecule has 0 unspecified atom stereocenters. The number of hydrogen-bond donors (Lipinski definition) is 1. The van der Waals surface area contributed by atoms with Crippen LogP contribution in [0.4, 0.5) is 0 Å². The second-order valence-electron chi connectivity index (χ2n) is 8.34. The van der Waals surface area contributed by atoms with Crippen LogP contribution in [0.3, 0.4) is 0 Å². The number of carbonyl (C=O) groups is 2. The van der Waals surface area contributed by atoms with Crippen LogP contribution in [0.25, 0.3) is 0 Å². The summed E-state index contributed by atoms with van der Waals surface area (Å²) in [6.45, 7) is 5.82. The summed E-state index contributed by atoms with van der Waals surface area (Å²) >= 11 is 6.33. The van der Waals surface area contributed by atoms with E-state index in [0.717, 1.165) is 42.4 Å². The van der Waals surface area contributed by atoms with Gasteiger partial charge in [-0.25, -0.2) is 0 Å². The summed E-state index contributed by atoms with van der Waals surface area (Å²) in [7, 11) is 0. The first-order valence-corrected chi connectivity index (χ1v) is 11.3. The van der Waals surface area contributed by atoms with Gasteiger partial charge in [-0.05, 0) is 56.9 Å². The van der Waals surface area contributed by atoms with Crippen molar-refractivity contribution in [2.45, 2.75) is 65.1 Å². The minimum Gasteiger partial charge on any atom is -0.483 e. The Morgan fingerprint density at radius 2 is 1.87 bits per heavy atom. The zero-order valence-corrected chi connectivity index (χ0v) is 19.2. The van der Waals surface area contributed by atoms with Crippen LogP contribution in [0.15, 0.2) is 42.5 Å². The monoisotopic (exact) mass is 442 g/mol. The van der Waals surface area contributed by atoms with E-state index in [0.29, 0.717) is 10.8 Å².